The van der Waals surface area contributed by atoms with E-state index in [9.17, 15) is 21.6 Å². The van der Waals surface area contributed by atoms with Crippen LogP contribution in [0.1, 0.15) is 5.82 Å². The number of morpholine rings is 1. The molecule has 1 aromatic heterocycles. The monoisotopic (exact) mass is 411 g/mol. The molecule has 0 saturated carbocycles. The maximum absolute atomic E-state index is 13.2. The van der Waals surface area contributed by atoms with Gasteiger partial charge in [-0.1, -0.05) is 18.2 Å². The molecule has 1 N–H and O–H groups in total. The van der Waals surface area contributed by atoms with Crippen LogP contribution in [0.2, 0.25) is 0 Å². The number of nitrogens with zero attached hydrogens (tertiary/aromatic N) is 2. The second kappa shape index (κ2) is 6.78. The number of H-pyrrole nitrogens is 1. The molecule has 1 aliphatic rings. The van der Waals surface area contributed by atoms with E-state index in [-0.39, 0.29) is 26.5 Å². The summed E-state index contributed by atoms with van der Waals surface area (Å²) in [4.78, 5) is 7.64. The summed E-state index contributed by atoms with van der Waals surface area (Å²) in [6, 6.07) is 10.4. The van der Waals surface area contributed by atoms with Gasteiger partial charge >= 0.3 is 6.18 Å². The normalized spacial score (nSPS) is 15.9. The lowest BCUT2D eigenvalue weighted by Gasteiger charge is -2.30. The molecular weight excluding hydrogens is 395 g/mol. The highest BCUT2D eigenvalue weighted by atomic mass is 32.2. The van der Waals surface area contributed by atoms with Crippen LogP contribution in [0.5, 0.6) is 0 Å². The van der Waals surface area contributed by atoms with Gasteiger partial charge in [0.05, 0.1) is 34.2 Å². The van der Waals surface area contributed by atoms with Crippen molar-refractivity contribution in [2.75, 3.05) is 31.2 Å². The number of rotatable bonds is 3. The Morgan fingerprint density at radius 1 is 1.04 bits per heavy atom. The van der Waals surface area contributed by atoms with Gasteiger partial charge in [-0.25, -0.2) is 13.4 Å². The Morgan fingerprint density at radius 2 is 1.71 bits per heavy atom. The number of benzene rings is 2. The average molecular weight is 411 g/mol. The van der Waals surface area contributed by atoms with Crippen molar-refractivity contribution in [2.45, 2.75) is 16.0 Å². The predicted molar refractivity (Wildman–Crippen MR) is 96.0 cm³/mol. The van der Waals surface area contributed by atoms with Crippen LogP contribution < -0.4 is 4.90 Å². The van der Waals surface area contributed by atoms with Gasteiger partial charge in [0.15, 0.2) is 0 Å². The van der Waals surface area contributed by atoms with Gasteiger partial charge in [-0.3, -0.25) is 0 Å². The van der Waals surface area contributed by atoms with Crippen LogP contribution >= 0.6 is 0 Å². The average Bonchev–Trinajstić information content (AvgIpc) is 3.13. The predicted octanol–water partition coefficient (Wildman–Crippen LogP) is 3.25. The molecule has 2 aromatic carbocycles. The highest BCUT2D eigenvalue weighted by Gasteiger charge is 2.36. The first-order chi connectivity index (χ1) is 13.3. The summed E-state index contributed by atoms with van der Waals surface area (Å²) < 4.78 is 71.2. The first-order valence-electron chi connectivity index (χ1n) is 8.51. The van der Waals surface area contributed by atoms with E-state index in [4.69, 9.17) is 4.74 Å². The quantitative estimate of drug-likeness (QED) is 0.716. The number of anilines is 1. The van der Waals surface area contributed by atoms with Gasteiger partial charge in [0.2, 0.25) is 15.7 Å². The minimum Gasteiger partial charge on any atom is -0.378 e. The van der Waals surface area contributed by atoms with Crippen LogP contribution in [-0.2, 0) is 20.8 Å². The van der Waals surface area contributed by atoms with Gasteiger partial charge in [-0.05, 0) is 24.3 Å². The van der Waals surface area contributed by atoms with Crippen molar-refractivity contribution in [1.29, 1.82) is 0 Å². The zero-order valence-corrected chi connectivity index (χ0v) is 15.3. The number of hydrogen-bond donors (Lipinski definition) is 1. The summed E-state index contributed by atoms with van der Waals surface area (Å²) in [5.74, 6) is -1.16. The molecule has 10 heteroatoms. The van der Waals surface area contributed by atoms with E-state index in [0.717, 1.165) is 0 Å². The smallest absolute Gasteiger partial charge is 0.378 e. The number of aromatic amines is 1. The zero-order valence-electron chi connectivity index (χ0n) is 14.5. The van der Waals surface area contributed by atoms with Crippen LogP contribution in [0, 0.1) is 0 Å². The fraction of sp³-hybridized carbons (Fsp3) is 0.278. The lowest BCUT2D eigenvalue weighted by Crippen LogP contribution is -2.37. The first-order valence-corrected chi connectivity index (χ1v) is 9.99. The van der Waals surface area contributed by atoms with Crippen molar-refractivity contribution in [2.24, 2.45) is 0 Å². The van der Waals surface area contributed by atoms with Crippen molar-refractivity contribution in [1.82, 2.24) is 9.97 Å². The molecule has 28 heavy (non-hydrogen) atoms. The summed E-state index contributed by atoms with van der Waals surface area (Å²) in [5.41, 5.74) is 0.267. The van der Waals surface area contributed by atoms with Crippen molar-refractivity contribution in [3.63, 3.8) is 0 Å². The zero-order chi connectivity index (χ0) is 19.9. The Labute approximate surface area is 158 Å². The van der Waals surface area contributed by atoms with Crippen molar-refractivity contribution in [3.05, 3.63) is 48.3 Å². The van der Waals surface area contributed by atoms with Gasteiger partial charge < -0.3 is 14.6 Å². The Bertz CT molecular complexity index is 1110. The lowest BCUT2D eigenvalue weighted by atomic mass is 10.2. The number of aromatic nitrogens is 2. The van der Waals surface area contributed by atoms with E-state index in [1.54, 1.807) is 23.1 Å². The van der Waals surface area contributed by atoms with Crippen molar-refractivity contribution < 1.29 is 26.3 Å². The van der Waals surface area contributed by atoms with Gasteiger partial charge in [-0.15, -0.1) is 0 Å². The van der Waals surface area contributed by atoms with Crippen LogP contribution in [0.3, 0.4) is 0 Å². The lowest BCUT2D eigenvalue weighted by molar-refractivity contribution is -0.144. The van der Waals surface area contributed by atoms with Crippen LogP contribution in [0.15, 0.2) is 52.3 Å². The topological polar surface area (TPSA) is 75.3 Å². The number of sulfone groups is 1. The molecule has 4 rings (SSSR count). The number of alkyl halides is 3. The Kier molecular flexibility index (Phi) is 4.54. The van der Waals surface area contributed by atoms with Gasteiger partial charge in [-0.2, -0.15) is 13.2 Å². The third-order valence-electron chi connectivity index (χ3n) is 4.53. The van der Waals surface area contributed by atoms with Crippen molar-refractivity contribution >= 4 is 26.6 Å². The Hall–Kier alpha value is -2.59. The van der Waals surface area contributed by atoms with E-state index in [1.807, 2.05) is 0 Å². The molecule has 1 fully saturated rings. The highest BCUT2D eigenvalue weighted by Crippen LogP contribution is 2.38. The number of nitrogens with one attached hydrogen (secondary N) is 1. The highest BCUT2D eigenvalue weighted by molar-refractivity contribution is 7.91. The largest absolute Gasteiger partial charge is 0.449 e. The molecular formula is C18H16F3N3O3S. The molecule has 2 heterocycles. The summed E-state index contributed by atoms with van der Waals surface area (Å²) in [6.07, 6.45) is -4.67. The van der Waals surface area contributed by atoms with Crippen LogP contribution in [-0.4, -0.2) is 44.7 Å². The van der Waals surface area contributed by atoms with Gasteiger partial charge in [0.1, 0.15) is 5.52 Å². The summed E-state index contributed by atoms with van der Waals surface area (Å²) in [7, 11) is -3.95. The molecule has 1 saturated heterocycles. The maximum Gasteiger partial charge on any atom is 0.449 e. The summed E-state index contributed by atoms with van der Waals surface area (Å²) in [6.45, 7) is 1.39. The maximum atomic E-state index is 13.2. The van der Waals surface area contributed by atoms with Gasteiger partial charge in [0.25, 0.3) is 0 Å². The molecule has 0 aliphatic carbocycles. The molecule has 0 spiro atoms. The third-order valence-corrected chi connectivity index (χ3v) is 6.33. The fourth-order valence-electron chi connectivity index (χ4n) is 3.21. The number of fused-ring (bicyclic) bond motifs is 1. The summed E-state index contributed by atoms with van der Waals surface area (Å²) in [5, 5.41) is 0. The molecule has 0 bridgehead atoms. The minimum atomic E-state index is -4.67. The molecule has 0 amide bonds. The molecule has 0 unspecified atom stereocenters. The van der Waals surface area contributed by atoms with E-state index in [1.165, 1.54) is 24.3 Å². The first kappa shape index (κ1) is 18.8. The Balaban J connectivity index is 1.98. The fourth-order valence-corrected chi connectivity index (χ4v) is 4.71. The molecule has 3 aromatic rings. The van der Waals surface area contributed by atoms with Crippen molar-refractivity contribution in [3.8, 4) is 0 Å². The molecule has 0 radical (unpaired) electrons. The molecule has 148 valence electrons. The van der Waals surface area contributed by atoms with E-state index < -0.39 is 21.8 Å². The van der Waals surface area contributed by atoms with E-state index >= 15 is 0 Å². The number of halogens is 3. The van der Waals surface area contributed by atoms with E-state index in [2.05, 4.69) is 9.97 Å². The minimum absolute atomic E-state index is 0.0220. The third kappa shape index (κ3) is 3.22. The van der Waals surface area contributed by atoms with Gasteiger partial charge in [0, 0.05) is 13.1 Å². The second-order valence-electron chi connectivity index (χ2n) is 6.31. The molecule has 0 atom stereocenters. The number of imidazole rings is 1. The Morgan fingerprint density at radius 3 is 2.36 bits per heavy atom. The van der Waals surface area contributed by atoms with E-state index in [0.29, 0.717) is 26.3 Å². The van der Waals surface area contributed by atoms with Crippen LogP contribution in [0.4, 0.5) is 18.9 Å². The summed E-state index contributed by atoms with van der Waals surface area (Å²) >= 11 is 0. The standard InChI is InChI=1S/C18H16F3N3O3S/c19-18(20,21)17-22-13-6-7-14(28(25,26)12-4-2-1-3-5-12)16(15(13)23-17)24-8-10-27-11-9-24/h1-7H,8-11H2,(H,22,23). The van der Waals surface area contributed by atoms with Crippen LogP contribution in [0.25, 0.3) is 11.0 Å². The second-order valence-corrected chi connectivity index (χ2v) is 8.23. The number of ether oxygens (including phenoxy) is 1. The number of hydrogen-bond acceptors (Lipinski definition) is 5. The molecule has 6 nitrogen and oxygen atoms in total. The molecule has 1 aliphatic heterocycles. The SMILES string of the molecule is O=S(=O)(c1ccccc1)c1ccc2[nH]c(C(F)(F)F)nc2c1N1CCOCC1.